The Morgan fingerprint density at radius 2 is 2.33 bits per heavy atom. The maximum absolute atomic E-state index is 11.3. The van der Waals surface area contributed by atoms with Gasteiger partial charge in [-0.3, -0.25) is 0 Å². The molecular formula is C10H18O5. The number of carbonyl (C=O) groups excluding carboxylic acids is 1. The normalized spacial score (nSPS) is 28.5. The molecule has 1 aliphatic rings. The van der Waals surface area contributed by atoms with Gasteiger partial charge in [0.25, 0.3) is 0 Å². The van der Waals surface area contributed by atoms with Crippen molar-refractivity contribution in [3.8, 4) is 0 Å². The molecule has 0 aromatic heterocycles. The molecule has 0 amide bonds. The highest BCUT2D eigenvalue weighted by Gasteiger charge is 2.39. The predicted molar refractivity (Wildman–Crippen MR) is 51.9 cm³/mol. The van der Waals surface area contributed by atoms with Crippen LogP contribution in [0.3, 0.4) is 0 Å². The van der Waals surface area contributed by atoms with Crippen LogP contribution >= 0.6 is 0 Å². The first-order chi connectivity index (χ1) is 7.09. The maximum atomic E-state index is 11.3. The van der Waals surface area contributed by atoms with Crippen molar-refractivity contribution in [1.29, 1.82) is 0 Å². The van der Waals surface area contributed by atoms with Gasteiger partial charge in [0, 0.05) is 6.42 Å². The van der Waals surface area contributed by atoms with Crippen LogP contribution in [0.5, 0.6) is 0 Å². The minimum atomic E-state index is -1.28. The molecule has 5 nitrogen and oxygen atoms in total. The van der Waals surface area contributed by atoms with Gasteiger partial charge >= 0.3 is 11.9 Å². The van der Waals surface area contributed by atoms with E-state index in [0.717, 1.165) is 12.8 Å². The third kappa shape index (κ3) is 3.44. The zero-order valence-electron chi connectivity index (χ0n) is 9.19. The van der Waals surface area contributed by atoms with Crippen molar-refractivity contribution in [2.24, 2.45) is 0 Å². The van der Waals surface area contributed by atoms with Crippen LogP contribution in [0.25, 0.3) is 0 Å². The third-order valence-electron chi connectivity index (χ3n) is 2.16. The lowest BCUT2D eigenvalue weighted by atomic mass is 10.2. The quantitative estimate of drug-likeness (QED) is 0.558. The molecule has 0 radical (unpaired) electrons. The first-order valence-corrected chi connectivity index (χ1v) is 5.28. The molecule has 0 saturated carbocycles. The number of aliphatic hydroxyl groups excluding tert-OH is 1. The average molecular weight is 218 g/mol. The highest BCUT2D eigenvalue weighted by molar-refractivity contribution is 5.74. The minimum Gasteiger partial charge on any atom is -0.406 e. The summed E-state index contributed by atoms with van der Waals surface area (Å²) < 4.78 is 15.7. The second-order valence-electron chi connectivity index (χ2n) is 3.52. The second-order valence-corrected chi connectivity index (χ2v) is 3.52. The van der Waals surface area contributed by atoms with Gasteiger partial charge in [-0.15, -0.1) is 0 Å². The molecular weight excluding hydrogens is 200 g/mol. The first kappa shape index (κ1) is 12.4. The van der Waals surface area contributed by atoms with Crippen LogP contribution in [0.2, 0.25) is 0 Å². The van der Waals surface area contributed by atoms with Crippen molar-refractivity contribution >= 4 is 5.97 Å². The van der Waals surface area contributed by atoms with E-state index in [1.807, 2.05) is 0 Å². The van der Waals surface area contributed by atoms with Crippen LogP contribution in [0.1, 0.15) is 33.1 Å². The molecule has 88 valence electrons. The highest BCUT2D eigenvalue weighted by atomic mass is 16.9. The molecule has 1 rings (SSSR count). The highest BCUT2D eigenvalue weighted by Crippen LogP contribution is 2.28. The zero-order valence-corrected chi connectivity index (χ0v) is 9.19. The Morgan fingerprint density at radius 1 is 1.60 bits per heavy atom. The van der Waals surface area contributed by atoms with Crippen LogP contribution in [0.4, 0.5) is 0 Å². The van der Waals surface area contributed by atoms with Gasteiger partial charge in [0.05, 0.1) is 13.2 Å². The second kappa shape index (κ2) is 5.44. The molecule has 1 heterocycles. The van der Waals surface area contributed by atoms with Crippen molar-refractivity contribution in [2.45, 2.75) is 45.2 Å². The van der Waals surface area contributed by atoms with Crippen LogP contribution in [0.15, 0.2) is 0 Å². The molecule has 0 aromatic rings. The predicted octanol–water partition coefficient (Wildman–Crippen LogP) is 0.801. The van der Waals surface area contributed by atoms with E-state index in [0.29, 0.717) is 19.6 Å². The summed E-state index contributed by atoms with van der Waals surface area (Å²) in [6, 6.07) is 0. The molecule has 1 N–H and O–H groups in total. The molecule has 0 aromatic carbocycles. The molecule has 0 bridgehead atoms. The Labute approximate surface area is 89.3 Å². The standard InChI is InChI=1S/C10H18O5/c1-3-13-10(6-4-5-7-14-10)15-9(12)8(2)11/h8,11H,3-7H2,1-2H3/t8?,10-/m0/s1. The number of aliphatic hydroxyl groups is 1. The molecule has 1 unspecified atom stereocenters. The smallest absolute Gasteiger partial charge is 0.338 e. The van der Waals surface area contributed by atoms with Gasteiger partial charge in [-0.05, 0) is 26.7 Å². The number of hydrogen-bond donors (Lipinski definition) is 1. The fourth-order valence-electron chi connectivity index (χ4n) is 1.43. The van der Waals surface area contributed by atoms with E-state index in [-0.39, 0.29) is 0 Å². The molecule has 0 spiro atoms. The zero-order chi connectivity index (χ0) is 11.3. The van der Waals surface area contributed by atoms with E-state index >= 15 is 0 Å². The fourth-order valence-corrected chi connectivity index (χ4v) is 1.43. The van der Waals surface area contributed by atoms with E-state index in [4.69, 9.17) is 19.3 Å². The molecule has 1 fully saturated rings. The van der Waals surface area contributed by atoms with Crippen molar-refractivity contribution < 1.29 is 24.1 Å². The SMILES string of the molecule is CCO[C@@]1(OC(=O)C(C)O)CCCCO1. The summed E-state index contributed by atoms with van der Waals surface area (Å²) in [7, 11) is 0. The number of rotatable bonds is 4. The molecule has 1 saturated heterocycles. The number of ether oxygens (including phenoxy) is 3. The largest absolute Gasteiger partial charge is 0.406 e. The van der Waals surface area contributed by atoms with E-state index < -0.39 is 18.0 Å². The van der Waals surface area contributed by atoms with Crippen molar-refractivity contribution in [1.82, 2.24) is 0 Å². The Balaban J connectivity index is 2.59. The number of hydrogen-bond acceptors (Lipinski definition) is 5. The monoisotopic (exact) mass is 218 g/mol. The van der Waals surface area contributed by atoms with Gasteiger partial charge in [0.2, 0.25) is 0 Å². The molecule has 2 atom stereocenters. The average Bonchev–Trinajstić information content (AvgIpc) is 2.19. The first-order valence-electron chi connectivity index (χ1n) is 5.28. The van der Waals surface area contributed by atoms with Gasteiger partial charge < -0.3 is 19.3 Å². The topological polar surface area (TPSA) is 65.0 Å². The van der Waals surface area contributed by atoms with Crippen molar-refractivity contribution in [2.75, 3.05) is 13.2 Å². The van der Waals surface area contributed by atoms with Gasteiger partial charge in [-0.2, -0.15) is 0 Å². The summed E-state index contributed by atoms with van der Waals surface area (Å²) in [5, 5.41) is 9.05. The van der Waals surface area contributed by atoms with Gasteiger partial charge in [-0.1, -0.05) is 0 Å². The van der Waals surface area contributed by atoms with Crippen molar-refractivity contribution in [3.63, 3.8) is 0 Å². The third-order valence-corrected chi connectivity index (χ3v) is 2.16. The van der Waals surface area contributed by atoms with Gasteiger partial charge in [0.15, 0.2) is 0 Å². The molecule has 15 heavy (non-hydrogen) atoms. The Kier molecular flexibility index (Phi) is 4.50. The summed E-state index contributed by atoms with van der Waals surface area (Å²) in [6.45, 7) is 4.06. The van der Waals surface area contributed by atoms with Crippen LogP contribution in [-0.4, -0.2) is 36.4 Å². The summed E-state index contributed by atoms with van der Waals surface area (Å²) in [6.07, 6.45) is 1.17. The molecule has 5 heteroatoms. The Morgan fingerprint density at radius 3 is 2.80 bits per heavy atom. The minimum absolute atomic E-state index is 0.396. The lowest BCUT2D eigenvalue weighted by molar-refractivity contribution is -0.375. The molecule has 0 aliphatic carbocycles. The van der Waals surface area contributed by atoms with Crippen LogP contribution < -0.4 is 0 Å². The van der Waals surface area contributed by atoms with Crippen LogP contribution in [-0.2, 0) is 19.0 Å². The summed E-state index contributed by atoms with van der Waals surface area (Å²) in [4.78, 5) is 11.3. The van der Waals surface area contributed by atoms with E-state index in [2.05, 4.69) is 0 Å². The maximum Gasteiger partial charge on any atom is 0.338 e. The van der Waals surface area contributed by atoms with Crippen molar-refractivity contribution in [3.05, 3.63) is 0 Å². The summed E-state index contributed by atoms with van der Waals surface area (Å²) >= 11 is 0. The lowest BCUT2D eigenvalue weighted by Crippen LogP contribution is -2.45. The van der Waals surface area contributed by atoms with E-state index in [1.54, 1.807) is 6.92 Å². The lowest BCUT2D eigenvalue weighted by Gasteiger charge is -2.35. The van der Waals surface area contributed by atoms with Crippen LogP contribution in [0, 0.1) is 0 Å². The Hall–Kier alpha value is -0.650. The van der Waals surface area contributed by atoms with Gasteiger partial charge in [-0.25, -0.2) is 4.79 Å². The summed E-state index contributed by atoms with van der Waals surface area (Å²) in [5.41, 5.74) is 0. The Bertz CT molecular complexity index is 202. The summed E-state index contributed by atoms with van der Waals surface area (Å²) in [5.74, 6) is -1.99. The fraction of sp³-hybridized carbons (Fsp3) is 0.900. The molecule has 1 aliphatic heterocycles. The van der Waals surface area contributed by atoms with E-state index in [9.17, 15) is 4.79 Å². The number of carbonyl (C=O) groups is 1. The number of esters is 1. The van der Waals surface area contributed by atoms with E-state index in [1.165, 1.54) is 6.92 Å². The van der Waals surface area contributed by atoms with Gasteiger partial charge in [0.1, 0.15) is 6.10 Å².